The van der Waals surface area contributed by atoms with Crippen LogP contribution in [0.5, 0.6) is 11.5 Å². The van der Waals surface area contributed by atoms with Crippen LogP contribution in [0, 0.1) is 0 Å². The van der Waals surface area contributed by atoms with Gasteiger partial charge in [-0.15, -0.1) is 0 Å². The first-order valence-corrected chi connectivity index (χ1v) is 7.60. The van der Waals surface area contributed by atoms with E-state index in [0.29, 0.717) is 22.2 Å². The molecule has 2 heterocycles. The molecule has 0 bridgehead atoms. The van der Waals surface area contributed by atoms with Crippen LogP contribution in [0.1, 0.15) is 5.56 Å². The summed E-state index contributed by atoms with van der Waals surface area (Å²) in [6, 6.07) is 11.2. The van der Waals surface area contributed by atoms with Gasteiger partial charge in [0.15, 0.2) is 11.5 Å². The Balaban J connectivity index is 1.56. The van der Waals surface area contributed by atoms with E-state index in [4.69, 9.17) is 21.1 Å². The number of fused-ring (bicyclic) bond motifs is 1. The molecule has 2 aromatic carbocycles. The zero-order chi connectivity index (χ0) is 16.7. The standard InChI is InChI=1S/C17H11ClN2O4/c18-11-2-4-12(5-3-11)20-16(21)13(19-17(20)22)7-10-1-6-14-15(8-10)24-9-23-14/h1-6,8H,7,9H2. The number of urea groups is 1. The highest BCUT2D eigenvalue weighted by Gasteiger charge is 2.34. The van der Waals surface area contributed by atoms with Crippen molar-refractivity contribution in [1.82, 2.24) is 0 Å². The molecule has 3 amide bonds. The van der Waals surface area contributed by atoms with Crippen LogP contribution in [0.2, 0.25) is 5.02 Å². The number of nitrogens with zero attached hydrogens (tertiary/aromatic N) is 2. The normalized spacial score (nSPS) is 15.9. The van der Waals surface area contributed by atoms with E-state index < -0.39 is 11.9 Å². The number of benzene rings is 2. The zero-order valence-corrected chi connectivity index (χ0v) is 13.1. The SMILES string of the molecule is O=C1N=C(Cc2ccc3c(c2)OCO3)C(=O)N1c1ccc(Cl)cc1. The lowest BCUT2D eigenvalue weighted by Crippen LogP contribution is -2.33. The molecule has 0 radical (unpaired) electrons. The van der Waals surface area contributed by atoms with E-state index >= 15 is 0 Å². The van der Waals surface area contributed by atoms with Crippen LogP contribution in [0.3, 0.4) is 0 Å². The molecule has 0 aliphatic carbocycles. The number of hydrogen-bond donors (Lipinski definition) is 0. The Labute approximate surface area is 142 Å². The Kier molecular flexibility index (Phi) is 3.46. The smallest absolute Gasteiger partial charge is 0.355 e. The third kappa shape index (κ3) is 2.51. The first-order chi connectivity index (χ1) is 11.6. The summed E-state index contributed by atoms with van der Waals surface area (Å²) in [5.41, 5.74) is 1.45. The molecule has 0 saturated carbocycles. The number of anilines is 1. The molecule has 0 unspecified atom stereocenters. The lowest BCUT2D eigenvalue weighted by Gasteiger charge is -2.13. The maximum absolute atomic E-state index is 12.5. The van der Waals surface area contributed by atoms with Gasteiger partial charge in [0, 0.05) is 11.4 Å². The van der Waals surface area contributed by atoms with Crippen molar-refractivity contribution in [3.8, 4) is 11.5 Å². The Morgan fingerprint density at radius 2 is 1.79 bits per heavy atom. The molecule has 0 saturated heterocycles. The molecule has 2 aromatic rings. The van der Waals surface area contributed by atoms with Crippen LogP contribution in [0.15, 0.2) is 47.5 Å². The molecule has 0 aromatic heterocycles. The minimum atomic E-state index is -0.599. The van der Waals surface area contributed by atoms with Gasteiger partial charge >= 0.3 is 6.03 Å². The van der Waals surface area contributed by atoms with Gasteiger partial charge in [0.1, 0.15) is 5.71 Å². The minimum Gasteiger partial charge on any atom is -0.454 e. The second-order valence-electron chi connectivity index (χ2n) is 5.32. The Hall–Kier alpha value is -2.86. The van der Waals surface area contributed by atoms with Crippen LogP contribution in [-0.2, 0) is 11.2 Å². The van der Waals surface area contributed by atoms with E-state index in [9.17, 15) is 9.59 Å². The number of carbonyl (C=O) groups is 2. The molecule has 2 aliphatic rings. The van der Waals surface area contributed by atoms with E-state index in [1.165, 1.54) is 0 Å². The van der Waals surface area contributed by atoms with Crippen molar-refractivity contribution < 1.29 is 19.1 Å². The highest BCUT2D eigenvalue weighted by atomic mass is 35.5. The number of ether oxygens (including phenoxy) is 2. The molecule has 0 fully saturated rings. The third-order valence-electron chi connectivity index (χ3n) is 3.77. The monoisotopic (exact) mass is 342 g/mol. The molecule has 0 atom stereocenters. The summed E-state index contributed by atoms with van der Waals surface area (Å²) < 4.78 is 10.6. The number of rotatable bonds is 3. The van der Waals surface area contributed by atoms with E-state index in [1.54, 1.807) is 36.4 Å². The summed E-state index contributed by atoms with van der Waals surface area (Å²) in [5, 5.41) is 0.527. The fraction of sp³-hybridized carbons (Fsp3) is 0.118. The predicted molar refractivity (Wildman–Crippen MR) is 88.0 cm³/mol. The van der Waals surface area contributed by atoms with E-state index in [-0.39, 0.29) is 18.9 Å². The van der Waals surface area contributed by atoms with Gasteiger partial charge in [-0.1, -0.05) is 17.7 Å². The van der Waals surface area contributed by atoms with Gasteiger partial charge in [-0.2, -0.15) is 4.99 Å². The van der Waals surface area contributed by atoms with Crippen molar-refractivity contribution in [1.29, 1.82) is 0 Å². The summed E-state index contributed by atoms with van der Waals surface area (Å²) in [7, 11) is 0. The number of aliphatic imine (C=N–C) groups is 1. The maximum Gasteiger partial charge on any atom is 0.355 e. The minimum absolute atomic E-state index is 0.182. The maximum atomic E-state index is 12.5. The summed E-state index contributed by atoms with van der Waals surface area (Å²) in [6.07, 6.45) is 0.241. The van der Waals surface area contributed by atoms with E-state index in [2.05, 4.69) is 4.99 Å². The fourth-order valence-electron chi connectivity index (χ4n) is 2.61. The molecule has 0 N–H and O–H groups in total. The quantitative estimate of drug-likeness (QED) is 0.858. The van der Waals surface area contributed by atoms with Crippen molar-refractivity contribution in [3.63, 3.8) is 0 Å². The molecule has 0 spiro atoms. The second kappa shape index (κ2) is 5.65. The predicted octanol–water partition coefficient (Wildman–Crippen LogP) is 3.22. The van der Waals surface area contributed by atoms with Crippen molar-refractivity contribution in [2.24, 2.45) is 4.99 Å². The average Bonchev–Trinajstić information content (AvgIpc) is 3.13. The fourth-order valence-corrected chi connectivity index (χ4v) is 2.73. The van der Waals surface area contributed by atoms with Crippen LogP contribution in [0.4, 0.5) is 10.5 Å². The summed E-state index contributed by atoms with van der Waals surface area (Å²) in [6.45, 7) is 0.182. The van der Waals surface area contributed by atoms with Crippen LogP contribution in [-0.4, -0.2) is 24.4 Å². The van der Waals surface area contributed by atoms with Crippen molar-refractivity contribution >= 4 is 34.9 Å². The Morgan fingerprint density at radius 1 is 1.04 bits per heavy atom. The van der Waals surface area contributed by atoms with Gasteiger partial charge in [-0.3, -0.25) is 4.79 Å². The molecule has 2 aliphatic heterocycles. The van der Waals surface area contributed by atoms with Crippen LogP contribution in [0.25, 0.3) is 0 Å². The summed E-state index contributed by atoms with van der Waals surface area (Å²) in [4.78, 5) is 29.6. The largest absolute Gasteiger partial charge is 0.454 e. The number of carbonyl (C=O) groups excluding carboxylic acids is 2. The van der Waals surface area contributed by atoms with Gasteiger partial charge in [0.25, 0.3) is 5.91 Å². The second-order valence-corrected chi connectivity index (χ2v) is 5.76. The third-order valence-corrected chi connectivity index (χ3v) is 4.02. The Morgan fingerprint density at radius 3 is 2.58 bits per heavy atom. The molecule has 4 rings (SSSR count). The summed E-state index contributed by atoms with van der Waals surface area (Å²) in [5.74, 6) is 0.858. The average molecular weight is 343 g/mol. The highest BCUT2D eigenvalue weighted by Crippen LogP contribution is 2.33. The van der Waals surface area contributed by atoms with Gasteiger partial charge in [0.2, 0.25) is 6.79 Å². The molecule has 7 heteroatoms. The topological polar surface area (TPSA) is 68.2 Å². The van der Waals surface area contributed by atoms with Crippen molar-refractivity contribution in [2.45, 2.75) is 6.42 Å². The molecule has 120 valence electrons. The zero-order valence-electron chi connectivity index (χ0n) is 12.4. The van der Waals surface area contributed by atoms with Crippen LogP contribution < -0.4 is 14.4 Å². The van der Waals surface area contributed by atoms with Gasteiger partial charge in [-0.05, 0) is 42.0 Å². The summed E-state index contributed by atoms with van der Waals surface area (Å²) >= 11 is 5.83. The Bertz CT molecular complexity index is 877. The van der Waals surface area contributed by atoms with Crippen LogP contribution >= 0.6 is 11.6 Å². The number of hydrogen-bond acceptors (Lipinski definition) is 4. The first kappa shape index (κ1) is 14.7. The number of imide groups is 1. The van der Waals surface area contributed by atoms with Crippen molar-refractivity contribution in [2.75, 3.05) is 11.7 Å². The molecule has 6 nitrogen and oxygen atoms in total. The van der Waals surface area contributed by atoms with E-state index in [1.807, 2.05) is 6.07 Å². The van der Waals surface area contributed by atoms with Gasteiger partial charge in [-0.25, -0.2) is 9.69 Å². The van der Waals surface area contributed by atoms with Crippen molar-refractivity contribution in [3.05, 3.63) is 53.1 Å². The number of halogens is 1. The molecular formula is C17H11ClN2O4. The highest BCUT2D eigenvalue weighted by molar-refractivity contribution is 6.54. The van der Waals surface area contributed by atoms with Gasteiger partial charge in [0.05, 0.1) is 5.69 Å². The van der Waals surface area contributed by atoms with E-state index in [0.717, 1.165) is 10.5 Å². The number of amides is 3. The van der Waals surface area contributed by atoms with Gasteiger partial charge < -0.3 is 9.47 Å². The lowest BCUT2D eigenvalue weighted by atomic mass is 10.1. The first-order valence-electron chi connectivity index (χ1n) is 7.22. The molecular weight excluding hydrogens is 332 g/mol. The molecule has 24 heavy (non-hydrogen) atoms. The lowest BCUT2D eigenvalue weighted by molar-refractivity contribution is -0.111.